The van der Waals surface area contributed by atoms with Crippen molar-refractivity contribution in [2.45, 2.75) is 33.1 Å². The third-order valence-electron chi connectivity index (χ3n) is 3.10. The second-order valence-corrected chi connectivity index (χ2v) is 5.08. The Morgan fingerprint density at radius 3 is 2.89 bits per heavy atom. The van der Waals surface area contributed by atoms with Crippen LogP contribution in [-0.2, 0) is 0 Å². The molecule has 0 saturated heterocycles. The average molecular weight is 246 g/mol. The summed E-state index contributed by atoms with van der Waals surface area (Å²) in [6.07, 6.45) is 3.35. The van der Waals surface area contributed by atoms with Gasteiger partial charge >= 0.3 is 0 Å². The van der Waals surface area contributed by atoms with Crippen LogP contribution in [0, 0.1) is 6.92 Å². The number of aromatic nitrogens is 2. The number of nitrogens with one attached hydrogen (secondary N) is 2. The van der Waals surface area contributed by atoms with Crippen LogP contribution in [0.15, 0.2) is 17.7 Å². The highest BCUT2D eigenvalue weighted by Gasteiger charge is 2.07. The minimum absolute atomic E-state index is 0.436. The van der Waals surface area contributed by atoms with Gasteiger partial charge in [0.1, 0.15) is 0 Å². The Kier molecular flexibility index (Phi) is 4.31. The molecule has 0 unspecified atom stereocenters. The molecule has 2 N–H and O–H groups in total. The van der Waals surface area contributed by atoms with Crippen molar-refractivity contribution in [2.75, 3.05) is 25.0 Å². The summed E-state index contributed by atoms with van der Waals surface area (Å²) in [5.41, 5.74) is 3.56. The second-order valence-electron chi connectivity index (χ2n) is 5.08. The summed E-state index contributed by atoms with van der Waals surface area (Å²) >= 11 is 0. The first-order valence-electron chi connectivity index (χ1n) is 6.63. The number of hydrogen-bond donors (Lipinski definition) is 2. The van der Waals surface area contributed by atoms with Crippen molar-refractivity contribution in [3.63, 3.8) is 0 Å². The molecule has 4 nitrogen and oxygen atoms in total. The van der Waals surface area contributed by atoms with Gasteiger partial charge in [0, 0.05) is 24.5 Å². The molecule has 0 aliphatic carbocycles. The van der Waals surface area contributed by atoms with E-state index in [1.165, 1.54) is 5.57 Å². The maximum absolute atomic E-state index is 4.55. The number of aryl methyl sites for hydroxylation is 1. The standard InChI is InChI=1S/C14H22N4/c1-10(2)13-8-11(3)17-14(18-13)16-9-12-4-6-15-7-5-12/h4,8,10,15H,5-7,9H2,1-3H3,(H,16,17,18). The van der Waals surface area contributed by atoms with Gasteiger partial charge in [-0.1, -0.05) is 25.5 Å². The van der Waals surface area contributed by atoms with Crippen molar-refractivity contribution in [1.82, 2.24) is 15.3 Å². The summed E-state index contributed by atoms with van der Waals surface area (Å²) in [5.74, 6) is 1.18. The van der Waals surface area contributed by atoms with Gasteiger partial charge in [-0.05, 0) is 31.9 Å². The van der Waals surface area contributed by atoms with Crippen molar-refractivity contribution in [2.24, 2.45) is 0 Å². The first-order chi connectivity index (χ1) is 8.65. The topological polar surface area (TPSA) is 49.8 Å². The van der Waals surface area contributed by atoms with E-state index < -0.39 is 0 Å². The van der Waals surface area contributed by atoms with Gasteiger partial charge in [-0.2, -0.15) is 0 Å². The highest BCUT2D eigenvalue weighted by Crippen LogP contribution is 2.15. The second kappa shape index (κ2) is 5.96. The first-order valence-corrected chi connectivity index (χ1v) is 6.63. The fraction of sp³-hybridized carbons (Fsp3) is 0.571. The zero-order valence-electron chi connectivity index (χ0n) is 11.5. The Morgan fingerprint density at radius 1 is 1.39 bits per heavy atom. The van der Waals surface area contributed by atoms with Gasteiger partial charge in [-0.3, -0.25) is 0 Å². The summed E-state index contributed by atoms with van der Waals surface area (Å²) in [4.78, 5) is 8.99. The van der Waals surface area contributed by atoms with Crippen molar-refractivity contribution in [1.29, 1.82) is 0 Å². The van der Waals surface area contributed by atoms with Gasteiger partial charge in [0.2, 0.25) is 5.95 Å². The van der Waals surface area contributed by atoms with E-state index in [-0.39, 0.29) is 0 Å². The summed E-state index contributed by atoms with van der Waals surface area (Å²) in [6, 6.07) is 2.06. The molecular formula is C14H22N4. The van der Waals surface area contributed by atoms with Crippen LogP contribution in [0.4, 0.5) is 5.95 Å². The van der Waals surface area contributed by atoms with Crippen LogP contribution in [0.5, 0.6) is 0 Å². The van der Waals surface area contributed by atoms with Crippen LogP contribution in [0.1, 0.15) is 37.6 Å². The first kappa shape index (κ1) is 13.0. The molecule has 18 heavy (non-hydrogen) atoms. The minimum Gasteiger partial charge on any atom is -0.350 e. The highest BCUT2D eigenvalue weighted by atomic mass is 15.1. The Balaban J connectivity index is 2.02. The molecule has 1 aromatic heterocycles. The molecule has 0 fully saturated rings. The van der Waals surface area contributed by atoms with Crippen LogP contribution in [0.3, 0.4) is 0 Å². The number of rotatable bonds is 4. The Morgan fingerprint density at radius 2 is 2.22 bits per heavy atom. The minimum atomic E-state index is 0.436. The van der Waals surface area contributed by atoms with Crippen LogP contribution >= 0.6 is 0 Å². The smallest absolute Gasteiger partial charge is 0.223 e. The zero-order valence-corrected chi connectivity index (χ0v) is 11.5. The lowest BCUT2D eigenvalue weighted by Gasteiger charge is -2.15. The lowest BCUT2D eigenvalue weighted by Crippen LogP contribution is -2.23. The van der Waals surface area contributed by atoms with Crippen molar-refractivity contribution >= 4 is 5.95 Å². The summed E-state index contributed by atoms with van der Waals surface area (Å²) in [5, 5.41) is 6.64. The Bertz CT molecular complexity index is 437. The van der Waals surface area contributed by atoms with Gasteiger partial charge in [0.25, 0.3) is 0 Å². The molecule has 1 aliphatic heterocycles. The third kappa shape index (κ3) is 3.53. The largest absolute Gasteiger partial charge is 0.350 e. The normalized spacial score (nSPS) is 15.7. The summed E-state index contributed by atoms with van der Waals surface area (Å²) in [6.45, 7) is 9.22. The van der Waals surface area contributed by atoms with Crippen LogP contribution < -0.4 is 10.6 Å². The van der Waals surface area contributed by atoms with E-state index >= 15 is 0 Å². The molecule has 1 aromatic rings. The fourth-order valence-corrected chi connectivity index (χ4v) is 1.99. The molecule has 98 valence electrons. The maximum atomic E-state index is 4.55. The van der Waals surface area contributed by atoms with E-state index in [0.29, 0.717) is 5.92 Å². The number of hydrogen-bond acceptors (Lipinski definition) is 4. The van der Waals surface area contributed by atoms with Gasteiger partial charge in [-0.25, -0.2) is 9.97 Å². The van der Waals surface area contributed by atoms with Crippen LogP contribution in [0.2, 0.25) is 0 Å². The molecule has 0 saturated carbocycles. The number of anilines is 1. The van der Waals surface area contributed by atoms with E-state index in [0.717, 1.165) is 43.4 Å². The molecule has 0 bridgehead atoms. The molecule has 2 rings (SSSR count). The predicted octanol–water partition coefficient (Wildman–Crippen LogP) is 2.24. The molecule has 0 radical (unpaired) electrons. The van der Waals surface area contributed by atoms with Crippen molar-refractivity contribution in [3.8, 4) is 0 Å². The molecule has 4 heteroatoms. The summed E-state index contributed by atoms with van der Waals surface area (Å²) in [7, 11) is 0. The Labute approximate surface area is 109 Å². The number of nitrogens with zero attached hydrogens (tertiary/aromatic N) is 2. The van der Waals surface area contributed by atoms with Crippen LogP contribution in [0.25, 0.3) is 0 Å². The Hall–Kier alpha value is -1.42. The molecule has 0 spiro atoms. The molecular weight excluding hydrogens is 224 g/mol. The fourth-order valence-electron chi connectivity index (χ4n) is 1.99. The van der Waals surface area contributed by atoms with Crippen LogP contribution in [-0.4, -0.2) is 29.6 Å². The van der Waals surface area contributed by atoms with E-state index in [1.54, 1.807) is 0 Å². The van der Waals surface area contributed by atoms with Gasteiger partial charge < -0.3 is 10.6 Å². The lowest BCUT2D eigenvalue weighted by atomic mass is 10.1. The molecule has 2 heterocycles. The highest BCUT2D eigenvalue weighted by molar-refractivity contribution is 5.31. The summed E-state index contributed by atoms with van der Waals surface area (Å²) < 4.78 is 0. The molecule has 1 aliphatic rings. The van der Waals surface area contributed by atoms with E-state index in [2.05, 4.69) is 46.6 Å². The maximum Gasteiger partial charge on any atom is 0.223 e. The van der Waals surface area contributed by atoms with Gasteiger partial charge in [0.15, 0.2) is 0 Å². The average Bonchev–Trinajstić information content (AvgIpc) is 2.37. The van der Waals surface area contributed by atoms with E-state index in [9.17, 15) is 0 Å². The van der Waals surface area contributed by atoms with E-state index in [1.807, 2.05) is 6.92 Å². The zero-order chi connectivity index (χ0) is 13.0. The lowest BCUT2D eigenvalue weighted by molar-refractivity contribution is 0.697. The SMILES string of the molecule is Cc1cc(C(C)C)nc(NCC2=CCNCC2)n1. The van der Waals surface area contributed by atoms with Crippen molar-refractivity contribution < 1.29 is 0 Å². The quantitative estimate of drug-likeness (QED) is 0.800. The van der Waals surface area contributed by atoms with E-state index in [4.69, 9.17) is 0 Å². The third-order valence-corrected chi connectivity index (χ3v) is 3.10. The van der Waals surface area contributed by atoms with Gasteiger partial charge in [-0.15, -0.1) is 0 Å². The predicted molar refractivity (Wildman–Crippen MR) is 74.9 cm³/mol. The van der Waals surface area contributed by atoms with Crippen molar-refractivity contribution in [3.05, 3.63) is 29.1 Å². The molecule has 0 atom stereocenters. The van der Waals surface area contributed by atoms with Gasteiger partial charge in [0.05, 0.1) is 0 Å². The molecule has 0 aromatic carbocycles. The monoisotopic (exact) mass is 246 g/mol. The molecule has 0 amide bonds.